The molecular weight excluding hydrogens is 472 g/mol. The lowest BCUT2D eigenvalue weighted by molar-refractivity contribution is 0.00695. The van der Waals surface area contributed by atoms with Gasteiger partial charge in [-0.2, -0.15) is 0 Å². The average Bonchev–Trinajstić information content (AvgIpc) is 3.27. The summed E-state index contributed by atoms with van der Waals surface area (Å²) in [5.41, 5.74) is 3.46. The standard InChI is InChI=1S/C28H32N4O5/c1-19-17-21(31-26-25-23(29-18-30-26)11-12-32(25)13-15-35-16-14-33)7-10-24(19)36-22-8-5-20(6-9-22)27(34)37-28(2,3)4/h5-12,17-18,33H,13-16H2,1-4H3,(H,29,30,31)/p+1. The van der Waals surface area contributed by atoms with Crippen LogP contribution in [0.25, 0.3) is 11.0 Å². The number of nitrogens with zero attached hydrogens (tertiary/aromatic N) is 3. The molecule has 0 saturated heterocycles. The number of rotatable bonds is 10. The van der Waals surface area contributed by atoms with Gasteiger partial charge in [0, 0.05) is 18.4 Å². The molecule has 37 heavy (non-hydrogen) atoms. The van der Waals surface area contributed by atoms with E-state index in [0.717, 1.165) is 22.3 Å². The van der Waals surface area contributed by atoms with Crippen molar-refractivity contribution in [2.24, 2.45) is 0 Å². The van der Waals surface area contributed by atoms with Crippen molar-refractivity contribution in [3.63, 3.8) is 0 Å². The predicted octanol–water partition coefficient (Wildman–Crippen LogP) is 4.97. The van der Waals surface area contributed by atoms with Crippen LogP contribution in [0.4, 0.5) is 11.5 Å². The molecule has 194 valence electrons. The quantitative estimate of drug-likeness (QED) is 0.184. The van der Waals surface area contributed by atoms with E-state index in [1.165, 1.54) is 6.33 Å². The molecule has 4 aromatic rings. The van der Waals surface area contributed by atoms with Crippen LogP contribution in [0.2, 0.25) is 0 Å². The molecule has 0 radical (unpaired) electrons. The fourth-order valence-electron chi connectivity index (χ4n) is 3.75. The number of aromatic nitrogens is 3. The van der Waals surface area contributed by atoms with E-state index >= 15 is 0 Å². The van der Waals surface area contributed by atoms with Crippen LogP contribution in [0.3, 0.4) is 0 Å². The third-order valence-corrected chi connectivity index (χ3v) is 5.43. The number of ether oxygens (including phenoxy) is 3. The number of esters is 1. The lowest BCUT2D eigenvalue weighted by atomic mass is 10.1. The first-order chi connectivity index (χ1) is 17.7. The van der Waals surface area contributed by atoms with Gasteiger partial charge in [-0.25, -0.2) is 14.8 Å². The molecule has 4 rings (SSSR count). The highest BCUT2D eigenvalue weighted by Crippen LogP contribution is 2.30. The summed E-state index contributed by atoms with van der Waals surface area (Å²) in [7, 11) is 0. The highest BCUT2D eigenvalue weighted by molar-refractivity contribution is 5.90. The van der Waals surface area contributed by atoms with E-state index < -0.39 is 5.60 Å². The number of hydrogen-bond donors (Lipinski definition) is 1. The zero-order valence-corrected chi connectivity index (χ0v) is 21.6. The van der Waals surface area contributed by atoms with Crippen molar-refractivity contribution in [2.45, 2.75) is 39.8 Å². The zero-order valence-electron chi connectivity index (χ0n) is 21.6. The summed E-state index contributed by atoms with van der Waals surface area (Å²) in [5.74, 6) is 1.66. The highest BCUT2D eigenvalue weighted by Gasteiger charge is 2.18. The zero-order chi connectivity index (χ0) is 26.4. The Morgan fingerprint density at radius 2 is 1.84 bits per heavy atom. The van der Waals surface area contributed by atoms with Crippen LogP contribution in [0.15, 0.2) is 61.1 Å². The van der Waals surface area contributed by atoms with Crippen molar-refractivity contribution < 1.29 is 24.1 Å². The fraction of sp³-hybridized carbons (Fsp3) is 0.321. The molecule has 3 N–H and O–H groups in total. The average molecular weight is 506 g/mol. The second-order valence-corrected chi connectivity index (χ2v) is 9.56. The Hall–Kier alpha value is -3.95. The van der Waals surface area contributed by atoms with E-state index in [2.05, 4.69) is 15.3 Å². The molecule has 0 fully saturated rings. The van der Waals surface area contributed by atoms with Crippen molar-refractivity contribution in [1.29, 1.82) is 0 Å². The van der Waals surface area contributed by atoms with Gasteiger partial charge >= 0.3 is 5.97 Å². The number of anilines is 2. The number of carbonyl (C=O) groups excluding carboxylic acids is 1. The van der Waals surface area contributed by atoms with E-state index in [1.54, 1.807) is 24.3 Å². The van der Waals surface area contributed by atoms with Crippen LogP contribution < -0.4 is 10.1 Å². The Bertz CT molecular complexity index is 1360. The number of hydrogen-bond acceptors (Lipinski definition) is 7. The van der Waals surface area contributed by atoms with Gasteiger partial charge in [0.05, 0.1) is 17.7 Å². The van der Waals surface area contributed by atoms with E-state index in [1.807, 2.05) is 62.7 Å². The van der Waals surface area contributed by atoms with Crippen molar-refractivity contribution in [3.05, 3.63) is 72.2 Å². The molecule has 2 aromatic carbocycles. The van der Waals surface area contributed by atoms with Gasteiger partial charge in [-0.15, -0.1) is 0 Å². The van der Waals surface area contributed by atoms with Crippen LogP contribution in [-0.2, 0) is 16.0 Å². The molecular formula is C28H33N4O5+. The van der Waals surface area contributed by atoms with Gasteiger partial charge in [0.2, 0.25) is 0 Å². The molecule has 0 atom stereocenters. The molecule has 0 aliphatic heterocycles. The minimum absolute atomic E-state index is 0.249. The van der Waals surface area contributed by atoms with Gasteiger partial charge in [0.15, 0.2) is 12.4 Å². The first kappa shape index (κ1) is 26.1. The van der Waals surface area contributed by atoms with Crippen LogP contribution in [0.1, 0.15) is 36.7 Å². The molecule has 0 aliphatic carbocycles. The summed E-state index contributed by atoms with van der Waals surface area (Å²) < 4.78 is 19.0. The summed E-state index contributed by atoms with van der Waals surface area (Å²) in [6, 6.07) is 14.7. The molecule has 2 aromatic heterocycles. The molecule has 0 saturated carbocycles. The Labute approximate surface area is 216 Å². The summed E-state index contributed by atoms with van der Waals surface area (Å²) >= 11 is 0. The molecule has 0 unspecified atom stereocenters. The summed E-state index contributed by atoms with van der Waals surface area (Å²) in [6.07, 6.45) is 3.50. The molecule has 0 spiro atoms. The highest BCUT2D eigenvalue weighted by atomic mass is 16.6. The van der Waals surface area contributed by atoms with Gasteiger partial charge in [0.25, 0.3) is 0 Å². The Morgan fingerprint density at radius 1 is 1.05 bits per heavy atom. The van der Waals surface area contributed by atoms with Gasteiger partial charge in [-0.3, -0.25) is 0 Å². The fourth-order valence-corrected chi connectivity index (χ4v) is 3.75. The second kappa shape index (κ2) is 11.4. The summed E-state index contributed by atoms with van der Waals surface area (Å²) in [4.78, 5) is 21.1. The first-order valence-electron chi connectivity index (χ1n) is 12.1. The van der Waals surface area contributed by atoms with Crippen molar-refractivity contribution in [2.75, 3.05) is 25.1 Å². The van der Waals surface area contributed by atoms with E-state index in [9.17, 15) is 4.79 Å². The van der Waals surface area contributed by atoms with Gasteiger partial charge in [-0.1, -0.05) is 0 Å². The predicted molar refractivity (Wildman–Crippen MR) is 143 cm³/mol. The van der Waals surface area contributed by atoms with Crippen LogP contribution >= 0.6 is 0 Å². The lowest BCUT2D eigenvalue weighted by Crippen LogP contribution is -2.23. The monoisotopic (exact) mass is 505 g/mol. The lowest BCUT2D eigenvalue weighted by Gasteiger charge is -2.19. The molecule has 9 heteroatoms. The number of benzene rings is 2. The topological polar surface area (TPSA) is 110 Å². The SMILES string of the molecule is Cc1cc(Nc2ncnc3ccn(CCOCC[OH2+])c23)ccc1Oc1ccc(C(=O)OC(C)(C)C)cc1. The first-order valence-corrected chi connectivity index (χ1v) is 12.1. The van der Waals surface area contributed by atoms with Crippen LogP contribution in [0, 0.1) is 6.92 Å². The maximum atomic E-state index is 12.2. The van der Waals surface area contributed by atoms with E-state index in [4.69, 9.17) is 19.3 Å². The molecule has 0 aliphatic rings. The van der Waals surface area contributed by atoms with Crippen LogP contribution in [0.5, 0.6) is 11.5 Å². The second-order valence-electron chi connectivity index (χ2n) is 9.56. The van der Waals surface area contributed by atoms with E-state index in [0.29, 0.717) is 42.6 Å². The summed E-state index contributed by atoms with van der Waals surface area (Å²) in [6.45, 7) is 9.31. The smallest absolute Gasteiger partial charge is 0.338 e. The third kappa shape index (κ3) is 6.84. The van der Waals surface area contributed by atoms with Crippen molar-refractivity contribution >= 4 is 28.5 Å². The minimum atomic E-state index is -0.545. The maximum Gasteiger partial charge on any atom is 0.338 e. The summed E-state index contributed by atoms with van der Waals surface area (Å²) in [5, 5.41) is 10.6. The number of aryl methyl sites for hydroxylation is 1. The Morgan fingerprint density at radius 3 is 2.54 bits per heavy atom. The largest absolute Gasteiger partial charge is 0.457 e. The number of carbonyl (C=O) groups is 1. The molecule has 0 bridgehead atoms. The number of nitrogens with one attached hydrogen (secondary N) is 1. The number of fused-ring (bicyclic) bond motifs is 1. The Balaban J connectivity index is 1.45. The van der Waals surface area contributed by atoms with Gasteiger partial charge < -0.3 is 29.2 Å². The maximum absolute atomic E-state index is 12.2. The molecule has 2 heterocycles. The molecule has 9 nitrogen and oxygen atoms in total. The normalized spacial score (nSPS) is 11.5. The van der Waals surface area contributed by atoms with Crippen LogP contribution in [-0.4, -0.2) is 51.0 Å². The third-order valence-electron chi connectivity index (χ3n) is 5.43. The Kier molecular flexibility index (Phi) is 8.05. The van der Waals surface area contributed by atoms with Gasteiger partial charge in [0.1, 0.15) is 35.6 Å². The van der Waals surface area contributed by atoms with Crippen molar-refractivity contribution in [1.82, 2.24) is 14.5 Å². The minimum Gasteiger partial charge on any atom is -0.457 e. The van der Waals surface area contributed by atoms with Gasteiger partial charge in [-0.05, 0) is 81.8 Å². The van der Waals surface area contributed by atoms with Crippen molar-refractivity contribution in [3.8, 4) is 11.5 Å². The molecule has 0 amide bonds. The van der Waals surface area contributed by atoms with E-state index in [-0.39, 0.29) is 12.6 Å².